The lowest BCUT2D eigenvalue weighted by Gasteiger charge is -2.29. The molecule has 1 aromatic rings. The second kappa shape index (κ2) is 6.65. The molecule has 19 heavy (non-hydrogen) atoms. The molecule has 0 saturated carbocycles. The molecular formula is C12H22N6O. The fourth-order valence-electron chi connectivity index (χ4n) is 2.20. The Kier molecular flexibility index (Phi) is 4.89. The Morgan fingerprint density at radius 1 is 1.37 bits per heavy atom. The largest absolute Gasteiger partial charge is 0.377 e. The molecule has 1 aliphatic rings. The number of hydrogen-bond acceptors (Lipinski definition) is 7. The van der Waals surface area contributed by atoms with Crippen molar-refractivity contribution in [1.82, 2.24) is 14.9 Å². The monoisotopic (exact) mass is 266 g/mol. The second-order valence-corrected chi connectivity index (χ2v) is 4.85. The van der Waals surface area contributed by atoms with Crippen LogP contribution < -0.4 is 16.6 Å². The van der Waals surface area contributed by atoms with Crippen LogP contribution in [0.1, 0.15) is 18.7 Å². The average molecular weight is 266 g/mol. The number of methoxy groups -OCH3 is 1. The molecule has 2 rings (SSSR count). The van der Waals surface area contributed by atoms with E-state index in [9.17, 15) is 0 Å². The van der Waals surface area contributed by atoms with Gasteiger partial charge in [-0.3, -0.25) is 0 Å². The van der Waals surface area contributed by atoms with E-state index in [1.807, 2.05) is 6.07 Å². The molecule has 1 saturated heterocycles. The van der Waals surface area contributed by atoms with Crippen LogP contribution >= 0.6 is 0 Å². The van der Waals surface area contributed by atoms with Crippen molar-refractivity contribution in [3.8, 4) is 0 Å². The quantitative estimate of drug-likeness (QED) is 0.525. The summed E-state index contributed by atoms with van der Waals surface area (Å²) in [7, 11) is 3.77. The Hall–Kier alpha value is -1.44. The number of ether oxygens (including phenoxy) is 1. The average Bonchev–Trinajstić information content (AvgIpc) is 2.41. The molecule has 0 aliphatic carbocycles. The number of nitrogens with zero attached hydrogens (tertiary/aromatic N) is 3. The van der Waals surface area contributed by atoms with Crippen molar-refractivity contribution in [1.29, 1.82) is 0 Å². The van der Waals surface area contributed by atoms with E-state index in [0.717, 1.165) is 31.7 Å². The van der Waals surface area contributed by atoms with E-state index < -0.39 is 0 Å². The fraction of sp³-hybridized carbons (Fsp3) is 0.667. The topological polar surface area (TPSA) is 88.3 Å². The zero-order chi connectivity index (χ0) is 13.7. The van der Waals surface area contributed by atoms with Gasteiger partial charge in [0.15, 0.2) is 5.82 Å². The number of anilines is 2. The van der Waals surface area contributed by atoms with Crippen LogP contribution in [-0.4, -0.2) is 48.2 Å². The molecule has 0 spiro atoms. The highest BCUT2D eigenvalue weighted by atomic mass is 16.5. The Morgan fingerprint density at radius 3 is 2.68 bits per heavy atom. The van der Waals surface area contributed by atoms with E-state index in [4.69, 9.17) is 10.6 Å². The van der Waals surface area contributed by atoms with Gasteiger partial charge in [0.2, 0.25) is 0 Å². The van der Waals surface area contributed by atoms with Crippen LogP contribution in [0.3, 0.4) is 0 Å². The Balaban J connectivity index is 2.04. The molecular weight excluding hydrogens is 244 g/mol. The standard InChI is InChI=1S/C12H22N6O/c1-18-5-3-9(4-6-18)14-10-7-11(17-13)16-12(15-10)8-19-2/h7,9H,3-6,8,13H2,1-2H3,(H2,14,15,16,17). The van der Waals surface area contributed by atoms with Gasteiger partial charge in [0.1, 0.15) is 18.2 Å². The van der Waals surface area contributed by atoms with Crippen molar-refractivity contribution < 1.29 is 4.74 Å². The highest BCUT2D eigenvalue weighted by Gasteiger charge is 2.17. The van der Waals surface area contributed by atoms with Crippen molar-refractivity contribution in [2.75, 3.05) is 38.0 Å². The lowest BCUT2D eigenvalue weighted by Crippen LogP contribution is -2.37. The summed E-state index contributed by atoms with van der Waals surface area (Å²) in [5, 5.41) is 3.45. The van der Waals surface area contributed by atoms with Crippen LogP contribution in [0.5, 0.6) is 0 Å². The van der Waals surface area contributed by atoms with Gasteiger partial charge in [-0.15, -0.1) is 0 Å². The van der Waals surface area contributed by atoms with Gasteiger partial charge in [-0.05, 0) is 33.0 Å². The molecule has 0 unspecified atom stereocenters. The zero-order valence-electron chi connectivity index (χ0n) is 11.5. The van der Waals surface area contributed by atoms with Crippen molar-refractivity contribution in [2.24, 2.45) is 5.84 Å². The number of nitrogen functional groups attached to an aromatic ring is 1. The van der Waals surface area contributed by atoms with Crippen LogP contribution in [0.15, 0.2) is 6.07 Å². The van der Waals surface area contributed by atoms with E-state index in [1.54, 1.807) is 7.11 Å². The molecule has 1 fully saturated rings. The molecule has 7 nitrogen and oxygen atoms in total. The van der Waals surface area contributed by atoms with Gasteiger partial charge < -0.3 is 20.4 Å². The van der Waals surface area contributed by atoms with Gasteiger partial charge in [0, 0.05) is 19.2 Å². The molecule has 106 valence electrons. The van der Waals surface area contributed by atoms with Crippen LogP contribution in [0, 0.1) is 0 Å². The molecule has 7 heteroatoms. The third kappa shape index (κ3) is 4.02. The number of nitrogens with two attached hydrogens (primary N) is 1. The lowest BCUT2D eigenvalue weighted by molar-refractivity contribution is 0.178. The first-order valence-corrected chi connectivity index (χ1v) is 6.50. The summed E-state index contributed by atoms with van der Waals surface area (Å²) in [6.45, 7) is 2.59. The van der Waals surface area contributed by atoms with Gasteiger partial charge in [-0.1, -0.05) is 0 Å². The molecule has 0 atom stereocenters. The number of aromatic nitrogens is 2. The molecule has 0 amide bonds. The maximum absolute atomic E-state index is 5.42. The van der Waals surface area contributed by atoms with Crippen LogP contribution in [-0.2, 0) is 11.3 Å². The molecule has 4 N–H and O–H groups in total. The molecule has 0 bridgehead atoms. The molecule has 0 aromatic carbocycles. The summed E-state index contributed by atoms with van der Waals surface area (Å²) in [6, 6.07) is 2.27. The summed E-state index contributed by atoms with van der Waals surface area (Å²) >= 11 is 0. The summed E-state index contributed by atoms with van der Waals surface area (Å²) in [5.74, 6) is 7.43. The van der Waals surface area contributed by atoms with Crippen molar-refractivity contribution in [3.63, 3.8) is 0 Å². The maximum atomic E-state index is 5.42. The predicted octanol–water partition coefficient (Wildman–Crippen LogP) is 0.415. The predicted molar refractivity (Wildman–Crippen MR) is 74.7 cm³/mol. The van der Waals surface area contributed by atoms with Crippen molar-refractivity contribution in [3.05, 3.63) is 11.9 Å². The number of piperidine rings is 1. The highest BCUT2D eigenvalue weighted by Crippen LogP contribution is 2.16. The Morgan fingerprint density at radius 2 is 2.05 bits per heavy atom. The van der Waals surface area contributed by atoms with E-state index in [2.05, 4.69) is 32.7 Å². The second-order valence-electron chi connectivity index (χ2n) is 4.85. The summed E-state index contributed by atoms with van der Waals surface area (Å²) < 4.78 is 5.06. The van der Waals surface area contributed by atoms with Gasteiger partial charge >= 0.3 is 0 Å². The van der Waals surface area contributed by atoms with Crippen molar-refractivity contribution >= 4 is 11.6 Å². The Bertz CT molecular complexity index is 405. The van der Waals surface area contributed by atoms with E-state index in [-0.39, 0.29) is 0 Å². The first kappa shape index (κ1) is 14.0. The third-order valence-electron chi connectivity index (χ3n) is 3.26. The van der Waals surface area contributed by atoms with E-state index in [1.165, 1.54) is 0 Å². The third-order valence-corrected chi connectivity index (χ3v) is 3.26. The normalized spacial score (nSPS) is 17.4. The first-order chi connectivity index (χ1) is 9.21. The molecule has 1 aliphatic heterocycles. The summed E-state index contributed by atoms with van der Waals surface area (Å²) in [6.07, 6.45) is 2.23. The number of rotatable bonds is 5. The fourth-order valence-corrected chi connectivity index (χ4v) is 2.20. The minimum Gasteiger partial charge on any atom is -0.377 e. The molecule has 2 heterocycles. The highest BCUT2D eigenvalue weighted by molar-refractivity contribution is 5.47. The molecule has 0 radical (unpaired) electrons. The number of hydrogen-bond donors (Lipinski definition) is 3. The van der Waals surface area contributed by atoms with E-state index in [0.29, 0.717) is 24.3 Å². The maximum Gasteiger partial charge on any atom is 0.158 e. The number of likely N-dealkylation sites (tertiary alicyclic amines) is 1. The van der Waals surface area contributed by atoms with Gasteiger partial charge in [0.05, 0.1) is 0 Å². The number of nitrogens with one attached hydrogen (secondary N) is 2. The van der Waals surface area contributed by atoms with Crippen LogP contribution in [0.2, 0.25) is 0 Å². The molecule has 1 aromatic heterocycles. The van der Waals surface area contributed by atoms with Gasteiger partial charge in [-0.25, -0.2) is 15.8 Å². The minimum absolute atomic E-state index is 0.373. The van der Waals surface area contributed by atoms with Crippen LogP contribution in [0.25, 0.3) is 0 Å². The van der Waals surface area contributed by atoms with Gasteiger partial charge in [-0.2, -0.15) is 0 Å². The summed E-state index contributed by atoms with van der Waals surface area (Å²) in [4.78, 5) is 11.0. The first-order valence-electron chi connectivity index (χ1n) is 6.50. The zero-order valence-corrected chi connectivity index (χ0v) is 11.5. The number of hydrazine groups is 1. The van der Waals surface area contributed by atoms with Crippen LogP contribution in [0.4, 0.5) is 11.6 Å². The smallest absolute Gasteiger partial charge is 0.158 e. The lowest BCUT2D eigenvalue weighted by atomic mass is 10.1. The Labute approximate surface area is 113 Å². The summed E-state index contributed by atoms with van der Waals surface area (Å²) in [5.41, 5.74) is 2.56. The van der Waals surface area contributed by atoms with Crippen molar-refractivity contribution in [2.45, 2.75) is 25.5 Å². The minimum atomic E-state index is 0.373. The van der Waals surface area contributed by atoms with Gasteiger partial charge in [0.25, 0.3) is 0 Å². The SMILES string of the molecule is COCc1nc(NN)cc(NC2CCN(C)CC2)n1. The van der Waals surface area contributed by atoms with E-state index >= 15 is 0 Å².